The minimum Gasteiger partial charge on any atom is -0.392 e. The Bertz CT molecular complexity index is 567. The molecular formula is C14H19N3O2. The van der Waals surface area contributed by atoms with Gasteiger partial charge in [-0.3, -0.25) is 0 Å². The number of aromatic nitrogens is 2. The number of aliphatic hydroxyl groups is 1. The summed E-state index contributed by atoms with van der Waals surface area (Å²) in [6, 6.07) is 5.88. The van der Waals surface area contributed by atoms with Crippen LogP contribution >= 0.6 is 0 Å². The maximum absolute atomic E-state index is 9.13. The number of hydrogen-bond donors (Lipinski definition) is 1. The number of fused-ring (bicyclic) bond motifs is 1. The van der Waals surface area contributed by atoms with Gasteiger partial charge in [-0.1, -0.05) is 6.07 Å². The highest BCUT2D eigenvalue weighted by atomic mass is 16.5. The molecule has 0 amide bonds. The Morgan fingerprint density at radius 1 is 1.47 bits per heavy atom. The van der Waals surface area contributed by atoms with Crippen LogP contribution in [0.25, 0.3) is 11.0 Å². The van der Waals surface area contributed by atoms with Crippen molar-refractivity contribution in [2.45, 2.75) is 19.3 Å². The molecule has 1 aromatic heterocycles. The Labute approximate surface area is 112 Å². The average molecular weight is 261 g/mol. The molecule has 2 aromatic rings. The molecule has 1 fully saturated rings. The van der Waals surface area contributed by atoms with E-state index in [9.17, 15) is 0 Å². The van der Waals surface area contributed by atoms with Crippen molar-refractivity contribution in [3.05, 3.63) is 30.1 Å². The highest BCUT2D eigenvalue weighted by Gasteiger charge is 2.18. The first-order valence-electron chi connectivity index (χ1n) is 6.61. The molecular weight excluding hydrogens is 242 g/mol. The fraction of sp³-hybridized carbons (Fsp3) is 0.500. The molecule has 1 aromatic carbocycles. The third-order valence-corrected chi connectivity index (χ3v) is 3.61. The van der Waals surface area contributed by atoms with E-state index in [0.29, 0.717) is 0 Å². The van der Waals surface area contributed by atoms with Gasteiger partial charge < -0.3 is 19.3 Å². The van der Waals surface area contributed by atoms with Crippen LogP contribution in [0.2, 0.25) is 0 Å². The van der Waals surface area contributed by atoms with Crippen LogP contribution in [0.15, 0.2) is 24.5 Å². The molecule has 102 valence electrons. The second-order valence-corrected chi connectivity index (χ2v) is 5.13. The monoisotopic (exact) mass is 261 g/mol. The molecule has 1 N–H and O–H groups in total. The lowest BCUT2D eigenvalue weighted by atomic mass is 10.2. The highest BCUT2D eigenvalue weighted by Crippen LogP contribution is 2.16. The molecule has 5 nitrogen and oxygen atoms in total. The fourth-order valence-corrected chi connectivity index (χ4v) is 2.55. The molecule has 1 aliphatic heterocycles. The molecule has 0 aliphatic carbocycles. The van der Waals surface area contributed by atoms with E-state index in [2.05, 4.69) is 21.5 Å². The van der Waals surface area contributed by atoms with Gasteiger partial charge in [-0.25, -0.2) is 4.98 Å². The Kier molecular flexibility index (Phi) is 3.50. The van der Waals surface area contributed by atoms with Crippen LogP contribution in [0.3, 0.4) is 0 Å². The topological polar surface area (TPSA) is 50.5 Å². The van der Waals surface area contributed by atoms with Gasteiger partial charge in [0.1, 0.15) is 0 Å². The maximum Gasteiger partial charge on any atom is 0.0959 e. The van der Waals surface area contributed by atoms with Gasteiger partial charge in [-0.05, 0) is 24.7 Å². The minimum atomic E-state index is 0.0549. The van der Waals surface area contributed by atoms with E-state index in [1.165, 1.54) is 0 Å². The van der Waals surface area contributed by atoms with Crippen molar-refractivity contribution in [1.82, 2.24) is 14.5 Å². The normalized spacial score (nSPS) is 21.1. The van der Waals surface area contributed by atoms with Gasteiger partial charge in [-0.15, -0.1) is 0 Å². The van der Waals surface area contributed by atoms with Crippen molar-refractivity contribution in [1.29, 1.82) is 0 Å². The Morgan fingerprint density at radius 2 is 2.37 bits per heavy atom. The molecule has 0 spiro atoms. The van der Waals surface area contributed by atoms with Crippen LogP contribution in [-0.4, -0.2) is 52.4 Å². The summed E-state index contributed by atoms with van der Waals surface area (Å²) in [6.07, 6.45) is 2.07. The molecule has 5 heteroatoms. The van der Waals surface area contributed by atoms with Crippen LogP contribution in [0, 0.1) is 0 Å². The largest absolute Gasteiger partial charge is 0.392 e. The number of aliphatic hydroxyl groups excluding tert-OH is 1. The first kappa shape index (κ1) is 12.6. The second kappa shape index (κ2) is 5.28. The average Bonchev–Trinajstić information content (AvgIpc) is 2.81. The number of benzene rings is 1. The zero-order valence-electron chi connectivity index (χ0n) is 11.1. The van der Waals surface area contributed by atoms with Crippen molar-refractivity contribution in [3.8, 4) is 0 Å². The quantitative estimate of drug-likeness (QED) is 0.890. The first-order valence-corrected chi connectivity index (χ1v) is 6.61. The summed E-state index contributed by atoms with van der Waals surface area (Å²) in [4.78, 5) is 6.68. The number of nitrogens with zero attached hydrogens (tertiary/aromatic N) is 3. The van der Waals surface area contributed by atoms with Crippen molar-refractivity contribution >= 4 is 11.0 Å². The van der Waals surface area contributed by atoms with Crippen molar-refractivity contribution in [2.75, 3.05) is 26.7 Å². The molecule has 2 heterocycles. The SMILES string of the molecule is CN1CCOC(Cn2cnc3cc(CO)ccc32)C1. The van der Waals surface area contributed by atoms with Crippen molar-refractivity contribution < 1.29 is 9.84 Å². The summed E-state index contributed by atoms with van der Waals surface area (Å²) in [5.41, 5.74) is 2.91. The summed E-state index contributed by atoms with van der Waals surface area (Å²) in [7, 11) is 2.12. The predicted molar refractivity (Wildman–Crippen MR) is 72.9 cm³/mol. The van der Waals surface area contributed by atoms with Crippen molar-refractivity contribution in [3.63, 3.8) is 0 Å². The van der Waals surface area contributed by atoms with Gasteiger partial charge >= 0.3 is 0 Å². The number of likely N-dealkylation sites (N-methyl/N-ethyl adjacent to an activating group) is 1. The summed E-state index contributed by atoms with van der Waals surface area (Å²) in [5, 5.41) is 9.13. The second-order valence-electron chi connectivity index (χ2n) is 5.13. The lowest BCUT2D eigenvalue weighted by molar-refractivity contribution is -0.0269. The number of rotatable bonds is 3. The number of morpholine rings is 1. The lowest BCUT2D eigenvalue weighted by Gasteiger charge is -2.30. The van der Waals surface area contributed by atoms with Gasteiger partial charge in [0.05, 0.1) is 43.2 Å². The highest BCUT2D eigenvalue weighted by molar-refractivity contribution is 5.76. The summed E-state index contributed by atoms with van der Waals surface area (Å²) in [6.45, 7) is 3.62. The van der Waals surface area contributed by atoms with E-state index in [1.54, 1.807) is 0 Å². The maximum atomic E-state index is 9.13. The van der Waals surface area contributed by atoms with Gasteiger partial charge in [0.2, 0.25) is 0 Å². The Hall–Kier alpha value is -1.43. The number of hydrogen-bond acceptors (Lipinski definition) is 4. The van der Waals surface area contributed by atoms with Gasteiger partial charge in [0.25, 0.3) is 0 Å². The van der Waals surface area contributed by atoms with Gasteiger partial charge in [0, 0.05) is 13.1 Å². The molecule has 19 heavy (non-hydrogen) atoms. The van der Waals surface area contributed by atoms with E-state index in [-0.39, 0.29) is 12.7 Å². The van der Waals surface area contributed by atoms with Crippen LogP contribution < -0.4 is 0 Å². The fourth-order valence-electron chi connectivity index (χ4n) is 2.55. The first-order chi connectivity index (χ1) is 9.26. The van der Waals surface area contributed by atoms with Crippen molar-refractivity contribution in [2.24, 2.45) is 0 Å². The Balaban J connectivity index is 1.81. The van der Waals surface area contributed by atoms with Crippen LogP contribution in [0.1, 0.15) is 5.56 Å². The predicted octanol–water partition coefficient (Wildman–Crippen LogP) is 0.859. The van der Waals surface area contributed by atoms with E-state index in [1.807, 2.05) is 24.5 Å². The standard InChI is InChI=1S/C14H19N3O2/c1-16-4-5-19-12(7-16)8-17-10-15-13-6-11(9-18)2-3-14(13)17/h2-3,6,10,12,18H,4-5,7-9H2,1H3. The van der Waals surface area contributed by atoms with Gasteiger partial charge in [-0.2, -0.15) is 0 Å². The van der Waals surface area contributed by atoms with E-state index >= 15 is 0 Å². The zero-order chi connectivity index (χ0) is 13.2. The third kappa shape index (κ3) is 2.63. The molecule has 1 unspecified atom stereocenters. The number of imidazole rings is 1. The zero-order valence-corrected chi connectivity index (χ0v) is 11.1. The summed E-state index contributed by atoms with van der Waals surface area (Å²) < 4.78 is 7.91. The molecule has 0 bridgehead atoms. The molecule has 0 saturated carbocycles. The lowest BCUT2D eigenvalue weighted by Crippen LogP contribution is -2.41. The van der Waals surface area contributed by atoms with E-state index < -0.39 is 0 Å². The van der Waals surface area contributed by atoms with E-state index in [0.717, 1.165) is 42.8 Å². The molecule has 0 radical (unpaired) electrons. The molecule has 1 atom stereocenters. The molecule has 1 aliphatic rings. The summed E-state index contributed by atoms with van der Waals surface area (Å²) >= 11 is 0. The van der Waals surface area contributed by atoms with Gasteiger partial charge in [0.15, 0.2) is 0 Å². The Morgan fingerprint density at radius 3 is 3.16 bits per heavy atom. The minimum absolute atomic E-state index is 0.0549. The third-order valence-electron chi connectivity index (χ3n) is 3.61. The number of ether oxygens (including phenoxy) is 1. The molecule has 1 saturated heterocycles. The molecule has 3 rings (SSSR count). The van der Waals surface area contributed by atoms with Crippen LogP contribution in [0.5, 0.6) is 0 Å². The smallest absolute Gasteiger partial charge is 0.0959 e. The summed E-state index contributed by atoms with van der Waals surface area (Å²) in [5.74, 6) is 0. The van der Waals surface area contributed by atoms with Crippen LogP contribution in [-0.2, 0) is 17.9 Å². The van der Waals surface area contributed by atoms with E-state index in [4.69, 9.17) is 9.84 Å². The van der Waals surface area contributed by atoms with Crippen LogP contribution in [0.4, 0.5) is 0 Å².